The first kappa shape index (κ1) is 16.3. The van der Waals surface area contributed by atoms with Gasteiger partial charge in [0, 0.05) is 34.9 Å². The lowest BCUT2D eigenvalue weighted by Crippen LogP contribution is -2.37. The van der Waals surface area contributed by atoms with Crippen molar-refractivity contribution in [2.24, 2.45) is 0 Å². The van der Waals surface area contributed by atoms with E-state index < -0.39 is 0 Å². The maximum atomic E-state index is 11.8. The predicted octanol–water partition coefficient (Wildman–Crippen LogP) is 3.45. The van der Waals surface area contributed by atoms with Gasteiger partial charge in [0.25, 0.3) is 0 Å². The summed E-state index contributed by atoms with van der Waals surface area (Å²) in [7, 11) is 0. The Morgan fingerprint density at radius 1 is 1.48 bits per heavy atom. The molecule has 2 aromatic rings. The second kappa shape index (κ2) is 8.35. The standard InChI is InChI=1S/C13H18N4OS3/c1-9-8-21-11(16-9)10(2)17-12(18)14-4-3-6-19-13-15-5-7-20-13/h5,7-8,10H,3-4,6H2,1-2H3,(H2,14,17,18)/t10-/m1/s1. The fraction of sp³-hybridized carbons (Fsp3) is 0.462. The number of urea groups is 1. The van der Waals surface area contributed by atoms with E-state index in [4.69, 9.17) is 0 Å². The van der Waals surface area contributed by atoms with E-state index in [0.717, 1.165) is 27.2 Å². The third kappa shape index (κ3) is 5.64. The molecule has 2 aromatic heterocycles. The van der Waals surface area contributed by atoms with Gasteiger partial charge < -0.3 is 10.6 Å². The van der Waals surface area contributed by atoms with E-state index in [1.807, 2.05) is 24.6 Å². The van der Waals surface area contributed by atoms with Gasteiger partial charge in [0.15, 0.2) is 0 Å². The minimum atomic E-state index is -0.144. The number of thiazole rings is 2. The zero-order chi connectivity index (χ0) is 15.1. The summed E-state index contributed by atoms with van der Waals surface area (Å²) in [5, 5.41) is 10.6. The highest BCUT2D eigenvalue weighted by Crippen LogP contribution is 2.20. The van der Waals surface area contributed by atoms with Crippen LogP contribution in [0, 0.1) is 6.92 Å². The average molecular weight is 343 g/mol. The second-order valence-electron chi connectivity index (χ2n) is 4.45. The van der Waals surface area contributed by atoms with Crippen molar-refractivity contribution in [3.05, 3.63) is 27.7 Å². The van der Waals surface area contributed by atoms with Crippen molar-refractivity contribution in [1.82, 2.24) is 20.6 Å². The smallest absolute Gasteiger partial charge is 0.315 e. The summed E-state index contributed by atoms with van der Waals surface area (Å²) in [4.78, 5) is 20.3. The molecule has 0 radical (unpaired) electrons. The Balaban J connectivity index is 1.59. The first-order chi connectivity index (χ1) is 10.1. The molecule has 0 aliphatic rings. The van der Waals surface area contributed by atoms with Crippen LogP contribution in [0.3, 0.4) is 0 Å². The van der Waals surface area contributed by atoms with Crippen LogP contribution in [0.25, 0.3) is 0 Å². The van der Waals surface area contributed by atoms with Gasteiger partial charge in [0.2, 0.25) is 0 Å². The average Bonchev–Trinajstić information content (AvgIpc) is 3.09. The number of aromatic nitrogens is 2. The minimum Gasteiger partial charge on any atom is -0.338 e. The molecule has 1 atom stereocenters. The van der Waals surface area contributed by atoms with Gasteiger partial charge in [-0.2, -0.15) is 0 Å². The van der Waals surface area contributed by atoms with E-state index >= 15 is 0 Å². The predicted molar refractivity (Wildman–Crippen MR) is 89.3 cm³/mol. The summed E-state index contributed by atoms with van der Waals surface area (Å²) in [5.74, 6) is 0.953. The number of carbonyl (C=O) groups is 1. The monoisotopic (exact) mass is 342 g/mol. The quantitative estimate of drug-likeness (QED) is 0.597. The Morgan fingerprint density at radius 3 is 3.00 bits per heavy atom. The summed E-state index contributed by atoms with van der Waals surface area (Å²) in [5.41, 5.74) is 0.989. The number of hydrogen-bond acceptors (Lipinski definition) is 6. The molecule has 0 unspecified atom stereocenters. The molecular formula is C13H18N4OS3. The normalized spacial score (nSPS) is 12.1. The van der Waals surface area contributed by atoms with Crippen molar-refractivity contribution in [3.8, 4) is 0 Å². The van der Waals surface area contributed by atoms with Gasteiger partial charge in [0.05, 0.1) is 6.04 Å². The Hall–Kier alpha value is -1.12. The summed E-state index contributed by atoms with van der Waals surface area (Å²) in [6.45, 7) is 4.55. The maximum absolute atomic E-state index is 11.8. The number of rotatable bonds is 7. The van der Waals surface area contributed by atoms with Crippen LogP contribution < -0.4 is 10.6 Å². The van der Waals surface area contributed by atoms with E-state index in [1.54, 1.807) is 40.6 Å². The van der Waals surface area contributed by atoms with E-state index in [9.17, 15) is 4.79 Å². The number of thioether (sulfide) groups is 1. The number of carbonyl (C=O) groups excluding carboxylic acids is 1. The molecule has 0 bridgehead atoms. The number of hydrogen-bond donors (Lipinski definition) is 2. The van der Waals surface area contributed by atoms with Crippen molar-refractivity contribution in [1.29, 1.82) is 0 Å². The lowest BCUT2D eigenvalue weighted by Gasteiger charge is -2.12. The Morgan fingerprint density at radius 2 is 2.33 bits per heavy atom. The van der Waals surface area contributed by atoms with Gasteiger partial charge in [-0.3, -0.25) is 0 Å². The molecular weight excluding hydrogens is 324 g/mol. The second-order valence-corrected chi connectivity index (χ2v) is 7.58. The molecule has 0 aromatic carbocycles. The molecule has 0 aliphatic heterocycles. The van der Waals surface area contributed by atoms with Gasteiger partial charge in [-0.05, 0) is 20.3 Å². The Bertz CT molecular complexity index is 556. The van der Waals surface area contributed by atoms with Crippen molar-refractivity contribution >= 4 is 40.5 Å². The van der Waals surface area contributed by atoms with Crippen LogP contribution in [-0.2, 0) is 0 Å². The molecule has 0 saturated carbocycles. The first-order valence-electron chi connectivity index (χ1n) is 6.64. The van der Waals surface area contributed by atoms with E-state index in [2.05, 4.69) is 20.6 Å². The van der Waals surface area contributed by atoms with Crippen molar-refractivity contribution in [3.63, 3.8) is 0 Å². The summed E-state index contributed by atoms with van der Waals surface area (Å²) in [6.07, 6.45) is 2.73. The van der Waals surface area contributed by atoms with Crippen LogP contribution in [0.1, 0.15) is 30.1 Å². The van der Waals surface area contributed by atoms with Crippen molar-refractivity contribution in [2.75, 3.05) is 12.3 Å². The highest BCUT2D eigenvalue weighted by Gasteiger charge is 2.11. The largest absolute Gasteiger partial charge is 0.338 e. The Kier molecular flexibility index (Phi) is 6.47. The number of amides is 2. The summed E-state index contributed by atoms with van der Waals surface area (Å²) in [6, 6.07) is -0.206. The SMILES string of the molecule is Cc1csc([C@@H](C)NC(=O)NCCCSc2nccs2)n1. The van der Waals surface area contributed by atoms with E-state index in [1.165, 1.54) is 0 Å². The number of aryl methyl sites for hydroxylation is 1. The van der Waals surface area contributed by atoms with Crippen LogP contribution in [0.4, 0.5) is 4.79 Å². The fourth-order valence-corrected chi connectivity index (χ4v) is 4.05. The molecule has 0 fully saturated rings. The molecule has 2 rings (SSSR count). The molecule has 0 aliphatic carbocycles. The number of nitrogens with zero attached hydrogens (tertiary/aromatic N) is 2. The summed E-state index contributed by atoms with van der Waals surface area (Å²) >= 11 is 4.93. The lowest BCUT2D eigenvalue weighted by molar-refractivity contribution is 0.238. The van der Waals surface area contributed by atoms with Crippen molar-refractivity contribution < 1.29 is 4.79 Å². The fourth-order valence-electron chi connectivity index (χ4n) is 1.60. The van der Waals surface area contributed by atoms with Crippen molar-refractivity contribution in [2.45, 2.75) is 30.6 Å². The van der Waals surface area contributed by atoms with Crippen LogP contribution in [-0.4, -0.2) is 28.3 Å². The highest BCUT2D eigenvalue weighted by molar-refractivity contribution is 8.00. The summed E-state index contributed by atoms with van der Waals surface area (Å²) < 4.78 is 1.08. The van der Waals surface area contributed by atoms with Gasteiger partial charge in [-0.1, -0.05) is 11.8 Å². The third-order valence-corrected chi connectivity index (χ3v) is 5.79. The molecule has 2 heterocycles. The minimum absolute atomic E-state index is 0.0617. The molecule has 2 N–H and O–H groups in total. The van der Waals surface area contributed by atoms with Gasteiger partial charge >= 0.3 is 6.03 Å². The zero-order valence-corrected chi connectivity index (χ0v) is 14.4. The lowest BCUT2D eigenvalue weighted by atomic mass is 10.3. The van der Waals surface area contributed by atoms with E-state index in [0.29, 0.717) is 6.54 Å². The maximum Gasteiger partial charge on any atom is 0.315 e. The van der Waals surface area contributed by atoms with Gasteiger partial charge in [-0.15, -0.1) is 22.7 Å². The topological polar surface area (TPSA) is 66.9 Å². The first-order valence-corrected chi connectivity index (χ1v) is 9.38. The third-order valence-electron chi connectivity index (χ3n) is 2.60. The number of nitrogens with one attached hydrogen (secondary N) is 2. The van der Waals surface area contributed by atoms with Crippen LogP contribution in [0.15, 0.2) is 21.3 Å². The van der Waals surface area contributed by atoms with Gasteiger partial charge in [0.1, 0.15) is 9.35 Å². The molecule has 0 spiro atoms. The van der Waals surface area contributed by atoms with E-state index in [-0.39, 0.29) is 12.1 Å². The van der Waals surface area contributed by atoms with Crippen LogP contribution in [0.5, 0.6) is 0 Å². The Labute approximate surface area is 136 Å². The molecule has 8 heteroatoms. The molecule has 0 saturated heterocycles. The molecule has 5 nitrogen and oxygen atoms in total. The highest BCUT2D eigenvalue weighted by atomic mass is 32.2. The molecule has 114 valence electrons. The zero-order valence-electron chi connectivity index (χ0n) is 12.0. The molecule has 2 amide bonds. The van der Waals surface area contributed by atoms with Crippen LogP contribution in [0.2, 0.25) is 0 Å². The van der Waals surface area contributed by atoms with Gasteiger partial charge in [-0.25, -0.2) is 14.8 Å². The molecule has 21 heavy (non-hydrogen) atoms. The van der Waals surface area contributed by atoms with Crippen LogP contribution >= 0.6 is 34.4 Å².